The van der Waals surface area contributed by atoms with Gasteiger partial charge in [-0.3, -0.25) is 5.10 Å². The lowest BCUT2D eigenvalue weighted by atomic mass is 9.85. The number of aryl methyl sites for hydroxylation is 1. The molecule has 1 aromatic carbocycles. The largest absolute Gasteiger partial charge is 0.464 e. The van der Waals surface area contributed by atoms with Crippen LogP contribution in [0.2, 0.25) is 0 Å². The highest BCUT2D eigenvalue weighted by Gasteiger charge is 2.38. The highest BCUT2D eigenvalue weighted by molar-refractivity contribution is 5.88. The van der Waals surface area contributed by atoms with Gasteiger partial charge in [0, 0.05) is 28.8 Å². The van der Waals surface area contributed by atoms with Gasteiger partial charge in [0.2, 0.25) is 6.29 Å². The van der Waals surface area contributed by atoms with E-state index in [0.717, 1.165) is 16.8 Å². The van der Waals surface area contributed by atoms with Gasteiger partial charge in [0.15, 0.2) is 0 Å². The maximum absolute atomic E-state index is 10.2. The van der Waals surface area contributed by atoms with E-state index in [4.69, 9.17) is 15.2 Å². The third-order valence-corrected chi connectivity index (χ3v) is 6.17. The summed E-state index contributed by atoms with van der Waals surface area (Å²) < 4.78 is 11.7. The standard InChI is InChI=1S/C23H23N5O5/c24-8-13-20(12-5-6-15-14(9-26-28-15)21(12)27-23(13)25)11-3-1-2-4-17(11)32-19-7-16(30)22(31)18(10-29)33-19/h1-4,9,16,18-19,22,29-31H,5-7,10H2,(H2,25,27)(H,26,28)/t16-,18-,19?,22+/m1/s1. The van der Waals surface area contributed by atoms with E-state index in [2.05, 4.69) is 21.3 Å². The van der Waals surface area contributed by atoms with E-state index in [1.807, 2.05) is 12.1 Å². The maximum Gasteiger partial charge on any atom is 0.202 e. The molecule has 0 saturated carbocycles. The fourth-order valence-corrected chi connectivity index (χ4v) is 4.54. The molecule has 170 valence electrons. The number of nitrogens with one attached hydrogen (secondary N) is 1. The number of hydrogen-bond acceptors (Lipinski definition) is 9. The van der Waals surface area contributed by atoms with Crippen LogP contribution in [0.5, 0.6) is 5.75 Å². The van der Waals surface area contributed by atoms with Gasteiger partial charge < -0.3 is 30.5 Å². The highest BCUT2D eigenvalue weighted by atomic mass is 16.7. The minimum absolute atomic E-state index is 0.0199. The first-order valence-corrected chi connectivity index (χ1v) is 10.6. The molecule has 33 heavy (non-hydrogen) atoms. The fourth-order valence-electron chi connectivity index (χ4n) is 4.54. The van der Waals surface area contributed by atoms with Crippen LogP contribution in [-0.2, 0) is 17.6 Å². The molecule has 1 fully saturated rings. The summed E-state index contributed by atoms with van der Waals surface area (Å²) >= 11 is 0. The van der Waals surface area contributed by atoms with Gasteiger partial charge in [0.1, 0.15) is 35.4 Å². The molecule has 0 bridgehead atoms. The van der Waals surface area contributed by atoms with Crippen molar-refractivity contribution < 1.29 is 24.8 Å². The molecule has 3 heterocycles. The van der Waals surface area contributed by atoms with Gasteiger partial charge in [-0.25, -0.2) is 4.98 Å². The molecule has 1 saturated heterocycles. The average molecular weight is 449 g/mol. The zero-order valence-corrected chi connectivity index (χ0v) is 17.6. The van der Waals surface area contributed by atoms with E-state index >= 15 is 0 Å². The first kappa shape index (κ1) is 21.4. The number of aliphatic hydroxyl groups excluding tert-OH is 3. The number of nitriles is 1. The Balaban J connectivity index is 1.60. The third kappa shape index (κ3) is 3.61. The first-order valence-electron chi connectivity index (χ1n) is 10.6. The van der Waals surface area contributed by atoms with Crippen molar-refractivity contribution in [1.82, 2.24) is 15.2 Å². The molecule has 0 amide bonds. The van der Waals surface area contributed by atoms with Crippen molar-refractivity contribution in [1.29, 1.82) is 5.26 Å². The summed E-state index contributed by atoms with van der Waals surface area (Å²) in [5, 5.41) is 46.7. The molecule has 4 atom stereocenters. The van der Waals surface area contributed by atoms with Crippen LogP contribution in [0.25, 0.3) is 22.4 Å². The zero-order chi connectivity index (χ0) is 23.1. The molecule has 2 aliphatic rings. The van der Waals surface area contributed by atoms with Crippen LogP contribution in [0.3, 0.4) is 0 Å². The molecule has 2 aromatic heterocycles. The number of aromatic amines is 1. The van der Waals surface area contributed by atoms with Gasteiger partial charge in [0.05, 0.1) is 24.6 Å². The first-order chi connectivity index (χ1) is 16.0. The topological polar surface area (TPSA) is 171 Å². The fraction of sp³-hybridized carbons (Fsp3) is 0.348. The van der Waals surface area contributed by atoms with Crippen LogP contribution in [0.1, 0.15) is 23.2 Å². The van der Waals surface area contributed by atoms with Crippen molar-refractivity contribution in [2.75, 3.05) is 12.3 Å². The quantitative estimate of drug-likeness (QED) is 0.388. The van der Waals surface area contributed by atoms with E-state index in [1.54, 1.807) is 18.3 Å². The predicted octanol–water partition coefficient (Wildman–Crippen LogP) is 0.899. The number of para-hydroxylation sites is 1. The summed E-state index contributed by atoms with van der Waals surface area (Å²) in [5.74, 6) is 0.535. The molecule has 0 radical (unpaired) electrons. The van der Waals surface area contributed by atoms with Crippen molar-refractivity contribution in [3.63, 3.8) is 0 Å². The van der Waals surface area contributed by atoms with E-state index in [1.165, 1.54) is 0 Å². The number of benzene rings is 1. The lowest BCUT2D eigenvalue weighted by Crippen LogP contribution is -2.51. The Labute approximate surface area is 189 Å². The van der Waals surface area contributed by atoms with Crippen molar-refractivity contribution in [2.24, 2.45) is 0 Å². The Bertz CT molecular complexity index is 1240. The lowest BCUT2D eigenvalue weighted by molar-refractivity contribution is -0.229. The minimum Gasteiger partial charge on any atom is -0.464 e. The summed E-state index contributed by atoms with van der Waals surface area (Å²) in [6, 6.07) is 9.36. The van der Waals surface area contributed by atoms with Crippen LogP contribution in [0.15, 0.2) is 30.5 Å². The van der Waals surface area contributed by atoms with Crippen molar-refractivity contribution in [3.05, 3.63) is 47.3 Å². The van der Waals surface area contributed by atoms with Gasteiger partial charge in [-0.15, -0.1) is 0 Å². The number of anilines is 1. The lowest BCUT2D eigenvalue weighted by Gasteiger charge is -2.36. The summed E-state index contributed by atoms with van der Waals surface area (Å²) in [5.41, 5.74) is 11.1. The number of ether oxygens (including phenoxy) is 2. The van der Waals surface area contributed by atoms with E-state index in [0.29, 0.717) is 35.4 Å². The molecular formula is C23H23N5O5. The second kappa shape index (κ2) is 8.46. The summed E-state index contributed by atoms with van der Waals surface area (Å²) in [6.07, 6.45) is -1.11. The van der Waals surface area contributed by atoms with Crippen molar-refractivity contribution in [3.8, 4) is 34.2 Å². The van der Waals surface area contributed by atoms with Crippen molar-refractivity contribution >= 4 is 5.82 Å². The van der Waals surface area contributed by atoms with Crippen LogP contribution in [0.4, 0.5) is 5.82 Å². The molecule has 0 spiro atoms. The zero-order valence-electron chi connectivity index (χ0n) is 17.6. The Hall–Kier alpha value is -3.49. The normalized spacial score (nSPS) is 23.9. The van der Waals surface area contributed by atoms with Crippen LogP contribution in [-0.4, -0.2) is 61.7 Å². The Morgan fingerprint density at radius 3 is 2.85 bits per heavy atom. The van der Waals surface area contributed by atoms with Crippen molar-refractivity contribution in [2.45, 2.75) is 43.9 Å². The Morgan fingerprint density at radius 1 is 1.24 bits per heavy atom. The van der Waals surface area contributed by atoms with Gasteiger partial charge in [0.25, 0.3) is 0 Å². The second-order valence-corrected chi connectivity index (χ2v) is 8.14. The van der Waals surface area contributed by atoms with Gasteiger partial charge in [-0.05, 0) is 24.5 Å². The van der Waals surface area contributed by atoms with Crippen LogP contribution >= 0.6 is 0 Å². The summed E-state index contributed by atoms with van der Waals surface area (Å²) in [7, 11) is 0. The number of rotatable bonds is 4. The summed E-state index contributed by atoms with van der Waals surface area (Å²) in [4.78, 5) is 4.51. The monoisotopic (exact) mass is 449 g/mol. The minimum atomic E-state index is -1.20. The molecule has 3 aromatic rings. The smallest absolute Gasteiger partial charge is 0.202 e. The van der Waals surface area contributed by atoms with Gasteiger partial charge in [-0.2, -0.15) is 10.4 Å². The average Bonchev–Trinajstić information content (AvgIpc) is 3.30. The number of H-pyrrole nitrogens is 1. The molecule has 10 heteroatoms. The van der Waals surface area contributed by atoms with Gasteiger partial charge in [-0.1, -0.05) is 18.2 Å². The van der Waals surface area contributed by atoms with Gasteiger partial charge >= 0.3 is 0 Å². The molecule has 1 aliphatic carbocycles. The van der Waals surface area contributed by atoms with Crippen LogP contribution < -0.4 is 10.5 Å². The molecular weight excluding hydrogens is 426 g/mol. The molecule has 1 unspecified atom stereocenters. The van der Waals surface area contributed by atoms with E-state index in [9.17, 15) is 20.6 Å². The number of hydrogen-bond donors (Lipinski definition) is 5. The Kier molecular flexibility index (Phi) is 5.47. The number of nitrogens with zero attached hydrogens (tertiary/aromatic N) is 3. The number of nitrogens with two attached hydrogens (primary N) is 1. The SMILES string of the molecule is N#Cc1c(N)nc2c(c1-c1ccccc1OC1C[C@@H](O)[C@H](O)[C@@H](CO)O1)CCc1[nH]ncc1-2. The number of nitrogen functional groups attached to an aromatic ring is 1. The van der Waals surface area contributed by atoms with E-state index in [-0.39, 0.29) is 17.8 Å². The summed E-state index contributed by atoms with van der Waals surface area (Å²) in [6.45, 7) is -0.459. The third-order valence-electron chi connectivity index (χ3n) is 6.17. The number of pyridine rings is 1. The second-order valence-electron chi connectivity index (χ2n) is 8.14. The number of fused-ring (bicyclic) bond motifs is 3. The Morgan fingerprint density at radius 2 is 2.06 bits per heavy atom. The molecule has 1 aliphatic heterocycles. The maximum atomic E-state index is 10.2. The molecule has 6 N–H and O–H groups in total. The molecule has 5 rings (SSSR count). The van der Waals surface area contributed by atoms with Crippen LogP contribution in [0, 0.1) is 11.3 Å². The predicted molar refractivity (Wildman–Crippen MR) is 117 cm³/mol. The number of aliphatic hydroxyl groups is 3. The number of aromatic nitrogens is 3. The molecule has 10 nitrogen and oxygen atoms in total. The highest BCUT2D eigenvalue weighted by Crippen LogP contribution is 2.43. The van der Waals surface area contributed by atoms with E-state index < -0.39 is 31.2 Å².